The van der Waals surface area contributed by atoms with Gasteiger partial charge in [-0.3, -0.25) is 0 Å². The Labute approximate surface area is 129 Å². The molecule has 0 spiro atoms. The van der Waals surface area contributed by atoms with Gasteiger partial charge in [0, 0.05) is 12.1 Å². The third-order valence-corrected chi connectivity index (χ3v) is 4.52. The summed E-state index contributed by atoms with van der Waals surface area (Å²) in [5, 5.41) is 8.28. The first-order valence-corrected chi connectivity index (χ1v) is 8.12. The van der Waals surface area contributed by atoms with Crippen LogP contribution in [0.3, 0.4) is 0 Å². The van der Waals surface area contributed by atoms with Crippen LogP contribution in [0.25, 0.3) is 0 Å². The third kappa shape index (κ3) is 3.53. The van der Waals surface area contributed by atoms with Gasteiger partial charge in [-0.05, 0) is 50.9 Å². The van der Waals surface area contributed by atoms with Gasteiger partial charge in [0.2, 0.25) is 0 Å². The highest BCUT2D eigenvalue weighted by Crippen LogP contribution is 2.46. The molecule has 4 nitrogen and oxygen atoms in total. The molecule has 21 heavy (non-hydrogen) atoms. The molecule has 2 rings (SSSR count). The van der Waals surface area contributed by atoms with Crippen LogP contribution in [0.4, 0.5) is 11.5 Å². The van der Waals surface area contributed by atoms with Crippen molar-refractivity contribution in [2.45, 2.75) is 79.8 Å². The van der Waals surface area contributed by atoms with E-state index in [4.69, 9.17) is 5.73 Å². The van der Waals surface area contributed by atoms with E-state index in [0.717, 1.165) is 17.2 Å². The van der Waals surface area contributed by atoms with Crippen LogP contribution in [0.5, 0.6) is 0 Å². The first-order chi connectivity index (χ1) is 9.51. The first-order valence-electron chi connectivity index (χ1n) is 8.12. The van der Waals surface area contributed by atoms with Crippen LogP contribution in [-0.2, 0) is 0 Å². The lowest BCUT2D eigenvalue weighted by atomic mass is 9.63. The molecule has 0 unspecified atom stereocenters. The number of nitrogens with zero attached hydrogens (tertiary/aromatic N) is 2. The van der Waals surface area contributed by atoms with Crippen LogP contribution >= 0.6 is 0 Å². The number of nitrogens with one attached hydrogen (secondary N) is 1. The molecule has 1 aliphatic carbocycles. The summed E-state index contributed by atoms with van der Waals surface area (Å²) in [4.78, 5) is 0. The van der Waals surface area contributed by atoms with Crippen molar-refractivity contribution < 1.29 is 0 Å². The lowest BCUT2D eigenvalue weighted by Gasteiger charge is -2.45. The van der Waals surface area contributed by atoms with Crippen molar-refractivity contribution in [2.24, 2.45) is 10.8 Å². The highest BCUT2D eigenvalue weighted by molar-refractivity contribution is 5.65. The van der Waals surface area contributed by atoms with E-state index in [-0.39, 0.29) is 0 Å². The van der Waals surface area contributed by atoms with E-state index in [0.29, 0.717) is 22.9 Å². The number of hydrogen-bond acceptors (Lipinski definition) is 3. The second-order valence-electron chi connectivity index (χ2n) is 8.64. The first kappa shape index (κ1) is 16.2. The monoisotopic (exact) mass is 292 g/mol. The molecule has 0 aromatic carbocycles. The Morgan fingerprint density at radius 3 is 2.19 bits per heavy atom. The highest BCUT2D eigenvalue weighted by atomic mass is 15.4. The number of aromatic nitrogens is 2. The minimum Gasteiger partial charge on any atom is -0.394 e. The summed E-state index contributed by atoms with van der Waals surface area (Å²) < 4.78 is 2.03. The molecule has 1 aromatic rings. The van der Waals surface area contributed by atoms with Crippen molar-refractivity contribution in [1.29, 1.82) is 0 Å². The molecule has 0 atom stereocenters. The topological polar surface area (TPSA) is 55.9 Å². The predicted octanol–water partition coefficient (Wildman–Crippen LogP) is 4.37. The number of aryl methyl sites for hydroxylation is 1. The number of nitrogen functional groups attached to an aromatic ring is 1. The Hall–Kier alpha value is -1.19. The minimum absolute atomic E-state index is 0.313. The summed E-state index contributed by atoms with van der Waals surface area (Å²) in [5.41, 5.74) is 8.70. The Balaban J connectivity index is 2.26. The van der Waals surface area contributed by atoms with Gasteiger partial charge in [-0.1, -0.05) is 27.7 Å². The van der Waals surface area contributed by atoms with Gasteiger partial charge in [-0.25, -0.2) is 4.68 Å². The summed E-state index contributed by atoms with van der Waals surface area (Å²) in [5.74, 6) is 1.00. The summed E-state index contributed by atoms with van der Waals surface area (Å²) in [6.07, 6.45) is 3.63. The summed E-state index contributed by atoms with van der Waals surface area (Å²) >= 11 is 0. The third-order valence-electron chi connectivity index (χ3n) is 4.52. The van der Waals surface area contributed by atoms with Crippen molar-refractivity contribution in [3.63, 3.8) is 0 Å². The van der Waals surface area contributed by atoms with Gasteiger partial charge in [0.05, 0.1) is 11.4 Å². The van der Waals surface area contributed by atoms with Gasteiger partial charge in [0.1, 0.15) is 5.82 Å². The maximum absolute atomic E-state index is 6.25. The van der Waals surface area contributed by atoms with Crippen LogP contribution in [-0.4, -0.2) is 15.8 Å². The van der Waals surface area contributed by atoms with Crippen LogP contribution in [0.15, 0.2) is 0 Å². The zero-order valence-corrected chi connectivity index (χ0v) is 14.7. The normalized spacial score (nSPS) is 21.7. The van der Waals surface area contributed by atoms with Crippen LogP contribution in [0, 0.1) is 17.8 Å². The van der Waals surface area contributed by atoms with Crippen LogP contribution in [0.2, 0.25) is 0 Å². The lowest BCUT2D eigenvalue weighted by Crippen LogP contribution is -2.40. The zero-order valence-electron chi connectivity index (χ0n) is 14.7. The molecule has 1 aliphatic rings. The van der Waals surface area contributed by atoms with Crippen LogP contribution < -0.4 is 11.1 Å². The van der Waals surface area contributed by atoms with Crippen LogP contribution in [0.1, 0.15) is 72.5 Å². The molecule has 0 radical (unpaired) electrons. The van der Waals surface area contributed by atoms with Gasteiger partial charge >= 0.3 is 0 Å². The molecule has 0 bridgehead atoms. The Bertz CT molecular complexity index is 495. The van der Waals surface area contributed by atoms with Crippen molar-refractivity contribution in [2.75, 3.05) is 11.1 Å². The second-order valence-corrected chi connectivity index (χ2v) is 8.64. The molecule has 1 heterocycles. The van der Waals surface area contributed by atoms with Gasteiger partial charge in [0.15, 0.2) is 0 Å². The predicted molar refractivity (Wildman–Crippen MR) is 90.6 cm³/mol. The zero-order chi connectivity index (χ0) is 16.0. The van der Waals surface area contributed by atoms with E-state index >= 15 is 0 Å². The SMILES string of the molecule is Cc1nn(C(C)C)c(NC2CC(C)(C)CC(C)(C)C2)c1N. The molecular formula is C17H32N4. The molecule has 4 heteroatoms. The lowest BCUT2D eigenvalue weighted by molar-refractivity contribution is 0.105. The van der Waals surface area contributed by atoms with E-state index < -0.39 is 0 Å². The van der Waals surface area contributed by atoms with Gasteiger partial charge < -0.3 is 11.1 Å². The number of anilines is 2. The van der Waals surface area contributed by atoms with Crippen molar-refractivity contribution >= 4 is 11.5 Å². The number of nitrogens with two attached hydrogens (primary N) is 1. The minimum atomic E-state index is 0.313. The number of rotatable bonds is 3. The van der Waals surface area contributed by atoms with Gasteiger partial charge in [-0.2, -0.15) is 5.10 Å². The Morgan fingerprint density at radius 2 is 1.71 bits per heavy atom. The Kier molecular flexibility index (Phi) is 4.02. The molecule has 1 fully saturated rings. The summed E-state index contributed by atoms with van der Waals surface area (Å²) in [7, 11) is 0. The van der Waals surface area contributed by atoms with Crippen molar-refractivity contribution in [3.05, 3.63) is 5.69 Å². The summed E-state index contributed by atoms with van der Waals surface area (Å²) in [6, 6.07) is 0.771. The molecule has 1 aromatic heterocycles. The van der Waals surface area contributed by atoms with Crippen molar-refractivity contribution in [1.82, 2.24) is 9.78 Å². The molecular weight excluding hydrogens is 260 g/mol. The van der Waals surface area contributed by atoms with Gasteiger partial charge in [-0.15, -0.1) is 0 Å². The summed E-state index contributed by atoms with van der Waals surface area (Å²) in [6.45, 7) is 15.8. The smallest absolute Gasteiger partial charge is 0.148 e. The largest absolute Gasteiger partial charge is 0.394 e. The van der Waals surface area contributed by atoms with E-state index in [1.54, 1.807) is 0 Å². The number of hydrogen-bond donors (Lipinski definition) is 2. The van der Waals surface area contributed by atoms with Gasteiger partial charge in [0.25, 0.3) is 0 Å². The van der Waals surface area contributed by atoms with E-state index in [1.807, 2.05) is 11.6 Å². The molecule has 3 N–H and O–H groups in total. The maximum Gasteiger partial charge on any atom is 0.148 e. The average Bonchev–Trinajstić information content (AvgIpc) is 2.53. The fourth-order valence-electron chi connectivity index (χ4n) is 4.22. The maximum atomic E-state index is 6.25. The van der Waals surface area contributed by atoms with E-state index in [1.165, 1.54) is 19.3 Å². The Morgan fingerprint density at radius 1 is 1.19 bits per heavy atom. The molecule has 1 saturated carbocycles. The molecule has 0 saturated heterocycles. The molecule has 120 valence electrons. The fourth-order valence-corrected chi connectivity index (χ4v) is 4.22. The highest BCUT2D eigenvalue weighted by Gasteiger charge is 2.39. The second kappa shape index (κ2) is 5.22. The van der Waals surface area contributed by atoms with E-state index in [2.05, 4.69) is 52.0 Å². The average molecular weight is 292 g/mol. The molecule has 0 amide bonds. The fraction of sp³-hybridized carbons (Fsp3) is 0.824. The molecule has 0 aliphatic heterocycles. The standard InChI is InChI=1S/C17H32N4/c1-11(2)21-15(14(18)12(3)20-21)19-13-8-16(4,5)10-17(6,7)9-13/h11,13,19H,8-10,18H2,1-7H3. The quantitative estimate of drug-likeness (QED) is 0.869. The van der Waals surface area contributed by atoms with Crippen molar-refractivity contribution in [3.8, 4) is 0 Å². The van der Waals surface area contributed by atoms with E-state index in [9.17, 15) is 0 Å².